The topological polar surface area (TPSA) is 52.6 Å². The number of halogens is 3. The molecule has 0 bridgehead atoms. The number of likely N-dealkylation sites (tertiary alicyclic amines) is 1. The monoisotopic (exact) mass is 340 g/mol. The number of rotatable bonds is 2. The first-order chi connectivity index (χ1) is 11.4. The molecule has 1 aliphatic rings. The molecule has 2 N–H and O–H groups in total. The van der Waals surface area contributed by atoms with Gasteiger partial charge in [0.15, 0.2) is 6.10 Å². The SMILES string of the molecule is O=C(NCC#Cc1ccccc1)N1CCC(C(O)C(F)(F)F)CC1. The van der Waals surface area contributed by atoms with Gasteiger partial charge in [0.2, 0.25) is 0 Å². The molecule has 1 aromatic rings. The molecule has 1 aromatic carbocycles. The van der Waals surface area contributed by atoms with Crippen molar-refractivity contribution < 1.29 is 23.1 Å². The van der Waals surface area contributed by atoms with E-state index in [0.29, 0.717) is 0 Å². The highest BCUT2D eigenvalue weighted by Crippen LogP contribution is 2.31. The van der Waals surface area contributed by atoms with Crippen molar-refractivity contribution in [3.8, 4) is 11.8 Å². The standard InChI is InChI=1S/C17H19F3N2O2/c18-17(19,20)15(23)14-8-11-22(12-9-14)16(24)21-10-4-7-13-5-2-1-3-6-13/h1-3,5-6,14-15,23H,8-12H2,(H,21,24). The minimum absolute atomic E-state index is 0.129. The summed E-state index contributed by atoms with van der Waals surface area (Å²) in [4.78, 5) is 13.4. The fourth-order valence-electron chi connectivity index (χ4n) is 2.58. The van der Waals surface area contributed by atoms with E-state index in [1.807, 2.05) is 30.3 Å². The zero-order valence-corrected chi connectivity index (χ0v) is 13.0. The second kappa shape index (κ2) is 8.06. The van der Waals surface area contributed by atoms with Crippen LogP contribution < -0.4 is 5.32 Å². The summed E-state index contributed by atoms with van der Waals surface area (Å²) in [6, 6.07) is 8.96. The van der Waals surface area contributed by atoms with Crippen LogP contribution in [0.25, 0.3) is 0 Å². The normalized spacial score (nSPS) is 16.9. The van der Waals surface area contributed by atoms with Crippen LogP contribution in [-0.4, -0.2) is 48.0 Å². The molecule has 1 atom stereocenters. The second-order valence-corrected chi connectivity index (χ2v) is 5.64. The van der Waals surface area contributed by atoms with Crippen molar-refractivity contribution >= 4 is 6.03 Å². The van der Waals surface area contributed by atoms with Crippen LogP contribution in [0.5, 0.6) is 0 Å². The summed E-state index contributed by atoms with van der Waals surface area (Å²) in [7, 11) is 0. The number of hydrogen-bond acceptors (Lipinski definition) is 2. The van der Waals surface area contributed by atoms with E-state index in [-0.39, 0.29) is 38.5 Å². The molecule has 1 fully saturated rings. The van der Waals surface area contributed by atoms with Crippen molar-refractivity contribution in [3.05, 3.63) is 35.9 Å². The molecule has 0 radical (unpaired) electrons. The lowest BCUT2D eigenvalue weighted by atomic mass is 9.91. The fraction of sp³-hybridized carbons (Fsp3) is 0.471. The Balaban J connectivity index is 1.74. The predicted octanol–water partition coefficient (Wildman–Crippen LogP) is 2.38. The maximum atomic E-state index is 12.5. The van der Waals surface area contributed by atoms with Gasteiger partial charge in [-0.15, -0.1) is 0 Å². The Bertz CT molecular complexity index is 600. The summed E-state index contributed by atoms with van der Waals surface area (Å²) in [5.74, 6) is 4.87. The average Bonchev–Trinajstić information content (AvgIpc) is 2.58. The zero-order chi connectivity index (χ0) is 17.6. The fourth-order valence-corrected chi connectivity index (χ4v) is 2.58. The van der Waals surface area contributed by atoms with E-state index in [0.717, 1.165) is 5.56 Å². The zero-order valence-electron chi connectivity index (χ0n) is 13.0. The van der Waals surface area contributed by atoms with Gasteiger partial charge in [-0.2, -0.15) is 13.2 Å². The van der Waals surface area contributed by atoms with E-state index in [1.54, 1.807) is 0 Å². The Morgan fingerprint density at radius 2 is 1.92 bits per heavy atom. The summed E-state index contributed by atoms with van der Waals surface area (Å²) >= 11 is 0. The van der Waals surface area contributed by atoms with Gasteiger partial charge >= 0.3 is 12.2 Å². The summed E-state index contributed by atoms with van der Waals surface area (Å²) in [6.07, 6.45) is -6.67. The van der Waals surface area contributed by atoms with Crippen molar-refractivity contribution in [1.29, 1.82) is 0 Å². The molecule has 0 spiro atoms. The lowest BCUT2D eigenvalue weighted by Gasteiger charge is -2.34. The first-order valence-corrected chi connectivity index (χ1v) is 7.69. The molecule has 1 heterocycles. The number of nitrogens with one attached hydrogen (secondary N) is 1. The highest BCUT2D eigenvalue weighted by molar-refractivity contribution is 5.74. The number of aliphatic hydroxyl groups is 1. The quantitative estimate of drug-likeness (QED) is 0.812. The molecule has 130 valence electrons. The van der Waals surface area contributed by atoms with Crippen LogP contribution in [0.3, 0.4) is 0 Å². The number of nitrogens with zero attached hydrogens (tertiary/aromatic N) is 1. The van der Waals surface area contributed by atoms with Gasteiger partial charge in [0.25, 0.3) is 0 Å². The van der Waals surface area contributed by atoms with Crippen molar-refractivity contribution in [3.63, 3.8) is 0 Å². The third-order valence-corrected chi connectivity index (χ3v) is 3.94. The number of carbonyl (C=O) groups is 1. The maximum Gasteiger partial charge on any atom is 0.414 e. The molecule has 4 nitrogen and oxygen atoms in total. The predicted molar refractivity (Wildman–Crippen MR) is 83.1 cm³/mol. The first kappa shape index (κ1) is 18.1. The van der Waals surface area contributed by atoms with Gasteiger partial charge in [-0.1, -0.05) is 30.0 Å². The van der Waals surface area contributed by atoms with E-state index in [1.165, 1.54) is 4.90 Å². The number of hydrogen-bond donors (Lipinski definition) is 2. The van der Waals surface area contributed by atoms with Gasteiger partial charge in [-0.25, -0.2) is 4.79 Å². The van der Waals surface area contributed by atoms with E-state index >= 15 is 0 Å². The second-order valence-electron chi connectivity index (χ2n) is 5.64. The number of alkyl halides is 3. The van der Waals surface area contributed by atoms with Gasteiger partial charge in [0.05, 0.1) is 6.54 Å². The largest absolute Gasteiger partial charge is 0.414 e. The molecule has 2 amide bonds. The van der Waals surface area contributed by atoms with E-state index in [2.05, 4.69) is 17.2 Å². The lowest BCUT2D eigenvalue weighted by molar-refractivity contribution is -0.222. The third kappa shape index (κ3) is 5.17. The lowest BCUT2D eigenvalue weighted by Crippen LogP contribution is -2.48. The molecule has 1 unspecified atom stereocenters. The number of carbonyl (C=O) groups excluding carboxylic acids is 1. The Kier molecular flexibility index (Phi) is 6.10. The van der Waals surface area contributed by atoms with Gasteiger partial charge in [0.1, 0.15) is 0 Å². The molecule has 0 aromatic heterocycles. The van der Waals surface area contributed by atoms with Crippen LogP contribution in [0, 0.1) is 17.8 Å². The van der Waals surface area contributed by atoms with Gasteiger partial charge < -0.3 is 15.3 Å². The summed E-state index contributed by atoms with van der Waals surface area (Å²) in [5.41, 5.74) is 0.841. The van der Waals surface area contributed by atoms with Crippen molar-refractivity contribution in [1.82, 2.24) is 10.2 Å². The molecule has 1 saturated heterocycles. The number of amides is 2. The van der Waals surface area contributed by atoms with Crippen LogP contribution in [0.2, 0.25) is 0 Å². The number of piperidine rings is 1. The van der Waals surface area contributed by atoms with Gasteiger partial charge in [0, 0.05) is 18.7 Å². The maximum absolute atomic E-state index is 12.5. The van der Waals surface area contributed by atoms with Crippen molar-refractivity contribution in [2.45, 2.75) is 25.1 Å². The van der Waals surface area contributed by atoms with Crippen molar-refractivity contribution in [2.24, 2.45) is 5.92 Å². The molecular weight excluding hydrogens is 321 g/mol. The van der Waals surface area contributed by atoms with Crippen molar-refractivity contribution in [2.75, 3.05) is 19.6 Å². The third-order valence-electron chi connectivity index (χ3n) is 3.94. The van der Waals surface area contributed by atoms with E-state index in [4.69, 9.17) is 0 Å². The summed E-state index contributed by atoms with van der Waals surface area (Å²) in [6.45, 7) is 0.546. The Hall–Kier alpha value is -2.20. The van der Waals surface area contributed by atoms with Gasteiger partial charge in [-0.3, -0.25) is 0 Å². The summed E-state index contributed by atoms with van der Waals surface area (Å²) in [5, 5.41) is 11.9. The minimum atomic E-state index is -4.61. The molecular formula is C17H19F3N2O2. The first-order valence-electron chi connectivity index (χ1n) is 7.69. The summed E-state index contributed by atoms with van der Waals surface area (Å²) < 4.78 is 37.4. The van der Waals surface area contributed by atoms with Gasteiger partial charge in [-0.05, 0) is 30.9 Å². The van der Waals surface area contributed by atoms with Crippen LogP contribution in [0.15, 0.2) is 30.3 Å². The molecule has 0 aliphatic carbocycles. The molecule has 1 aliphatic heterocycles. The minimum Gasteiger partial charge on any atom is -0.383 e. The molecule has 2 rings (SSSR count). The number of aliphatic hydroxyl groups excluding tert-OH is 1. The highest BCUT2D eigenvalue weighted by atomic mass is 19.4. The number of urea groups is 1. The van der Waals surface area contributed by atoms with Crippen LogP contribution in [0.1, 0.15) is 18.4 Å². The van der Waals surface area contributed by atoms with E-state index < -0.39 is 18.2 Å². The average molecular weight is 340 g/mol. The smallest absolute Gasteiger partial charge is 0.383 e. The highest BCUT2D eigenvalue weighted by Gasteiger charge is 2.44. The Labute approximate surface area is 138 Å². The molecule has 24 heavy (non-hydrogen) atoms. The molecule has 0 saturated carbocycles. The molecule has 7 heteroatoms. The van der Waals surface area contributed by atoms with Crippen LogP contribution in [-0.2, 0) is 0 Å². The van der Waals surface area contributed by atoms with E-state index in [9.17, 15) is 23.1 Å². The number of benzene rings is 1. The van der Waals surface area contributed by atoms with Crippen LogP contribution in [0.4, 0.5) is 18.0 Å². The Morgan fingerprint density at radius 3 is 2.50 bits per heavy atom. The van der Waals surface area contributed by atoms with Crippen LogP contribution >= 0.6 is 0 Å². The Morgan fingerprint density at radius 1 is 1.29 bits per heavy atom.